The smallest absolute Gasteiger partial charge is 0.255 e. The Kier molecular flexibility index (Phi) is 2.79. The van der Waals surface area contributed by atoms with Crippen LogP contribution in [0.25, 0.3) is 0 Å². The van der Waals surface area contributed by atoms with Crippen LogP contribution in [-0.2, 0) is 6.54 Å². The first-order valence-corrected chi connectivity index (χ1v) is 8.15. The van der Waals surface area contributed by atoms with Crippen LogP contribution in [0.3, 0.4) is 0 Å². The third kappa shape index (κ3) is 1.93. The van der Waals surface area contributed by atoms with Crippen molar-refractivity contribution in [3.05, 3.63) is 17.5 Å². The molecule has 3 nitrogen and oxygen atoms in total. The number of carbonyl (C=O) groups excluding carboxylic acids is 1. The van der Waals surface area contributed by atoms with Gasteiger partial charge in [-0.3, -0.25) is 9.48 Å². The normalized spacial score (nSPS) is 38.4. The zero-order chi connectivity index (χ0) is 13.9. The van der Waals surface area contributed by atoms with Gasteiger partial charge in [0.2, 0.25) is 0 Å². The van der Waals surface area contributed by atoms with Gasteiger partial charge in [0.1, 0.15) is 0 Å². The van der Waals surface area contributed by atoms with Crippen LogP contribution >= 0.6 is 11.6 Å². The minimum absolute atomic E-state index is 0.390. The third-order valence-corrected chi connectivity index (χ3v) is 6.17. The fraction of sp³-hybridized carbons (Fsp3) is 0.750. The molecule has 1 aromatic heterocycles. The quantitative estimate of drug-likeness (QED) is 0.795. The van der Waals surface area contributed by atoms with Gasteiger partial charge in [-0.05, 0) is 80.2 Å². The summed E-state index contributed by atoms with van der Waals surface area (Å²) in [6.07, 6.45) is 10.1. The van der Waals surface area contributed by atoms with Crippen molar-refractivity contribution in [2.45, 2.75) is 52.0 Å². The highest BCUT2D eigenvalue weighted by molar-refractivity contribution is 6.67. The lowest BCUT2D eigenvalue weighted by Gasteiger charge is -2.56. The molecule has 0 unspecified atom stereocenters. The van der Waals surface area contributed by atoms with E-state index in [2.05, 4.69) is 5.10 Å². The summed E-state index contributed by atoms with van der Waals surface area (Å²) in [4.78, 5) is 11.4. The lowest BCUT2D eigenvalue weighted by Crippen LogP contribution is -2.48. The van der Waals surface area contributed by atoms with Gasteiger partial charge in [0.25, 0.3) is 5.24 Å². The van der Waals surface area contributed by atoms with E-state index in [0.717, 1.165) is 30.0 Å². The van der Waals surface area contributed by atoms with E-state index >= 15 is 0 Å². The molecule has 4 bridgehead atoms. The summed E-state index contributed by atoms with van der Waals surface area (Å²) in [6.45, 7) is 2.94. The number of hydrogen-bond acceptors (Lipinski definition) is 2. The van der Waals surface area contributed by atoms with Gasteiger partial charge in [-0.15, -0.1) is 0 Å². The van der Waals surface area contributed by atoms with Crippen LogP contribution in [0.15, 0.2) is 6.20 Å². The molecular formula is C16H21ClN2O. The van der Waals surface area contributed by atoms with E-state index in [-0.39, 0.29) is 5.24 Å². The Balaban J connectivity index is 1.61. The van der Waals surface area contributed by atoms with Crippen LogP contribution in [0, 0.1) is 30.1 Å². The molecule has 0 amide bonds. The molecule has 1 aromatic rings. The molecule has 0 aromatic carbocycles. The van der Waals surface area contributed by atoms with Crippen LogP contribution in [0.1, 0.15) is 54.6 Å². The second-order valence-electron chi connectivity index (χ2n) is 7.49. The molecule has 5 rings (SSSR count). The maximum atomic E-state index is 11.4. The number of aromatic nitrogens is 2. The average molecular weight is 293 g/mol. The van der Waals surface area contributed by atoms with E-state index in [4.69, 9.17) is 11.6 Å². The van der Waals surface area contributed by atoms with Crippen molar-refractivity contribution in [1.29, 1.82) is 0 Å². The van der Waals surface area contributed by atoms with Gasteiger partial charge in [-0.2, -0.15) is 5.10 Å². The summed E-state index contributed by atoms with van der Waals surface area (Å²) in [5.74, 6) is 2.85. The molecule has 0 aliphatic heterocycles. The van der Waals surface area contributed by atoms with Crippen LogP contribution < -0.4 is 0 Å². The van der Waals surface area contributed by atoms with Gasteiger partial charge in [-0.1, -0.05) is 0 Å². The summed E-state index contributed by atoms with van der Waals surface area (Å²) in [5, 5.41) is 4.03. The molecule has 0 atom stereocenters. The number of rotatable bonds is 3. The Bertz CT molecular complexity index is 528. The molecule has 4 saturated carbocycles. The van der Waals surface area contributed by atoms with Crippen molar-refractivity contribution in [2.75, 3.05) is 0 Å². The monoisotopic (exact) mass is 292 g/mol. The van der Waals surface area contributed by atoms with Crippen molar-refractivity contribution in [3.63, 3.8) is 0 Å². The standard InChI is InChI=1S/C16H21ClN2O/c1-10-14(15(17)20)8-18-19(10)9-16-5-11-2-12(6-16)4-13(3-11)7-16/h8,11-13H,2-7,9H2,1H3. The van der Waals surface area contributed by atoms with Crippen LogP contribution in [-0.4, -0.2) is 15.0 Å². The van der Waals surface area contributed by atoms with Gasteiger partial charge >= 0.3 is 0 Å². The molecule has 0 spiro atoms. The highest BCUT2D eigenvalue weighted by atomic mass is 35.5. The van der Waals surface area contributed by atoms with Crippen molar-refractivity contribution >= 4 is 16.8 Å². The maximum absolute atomic E-state index is 11.4. The summed E-state index contributed by atoms with van der Waals surface area (Å²) >= 11 is 5.61. The SMILES string of the molecule is Cc1c(C(=O)Cl)cnn1CC12CC3CC(CC(C3)C1)C2. The highest BCUT2D eigenvalue weighted by Gasteiger charge is 2.51. The minimum atomic E-state index is -0.390. The lowest BCUT2D eigenvalue weighted by atomic mass is 9.49. The van der Waals surface area contributed by atoms with Crippen molar-refractivity contribution < 1.29 is 4.79 Å². The summed E-state index contributed by atoms with van der Waals surface area (Å²) in [7, 11) is 0. The first-order chi connectivity index (χ1) is 9.55. The van der Waals surface area contributed by atoms with Gasteiger partial charge in [0.15, 0.2) is 0 Å². The van der Waals surface area contributed by atoms with Gasteiger partial charge in [-0.25, -0.2) is 0 Å². The third-order valence-electron chi connectivity index (χ3n) is 5.97. The predicted octanol–water partition coefficient (Wildman–Crippen LogP) is 3.79. The maximum Gasteiger partial charge on any atom is 0.255 e. The van der Waals surface area contributed by atoms with E-state index in [1.165, 1.54) is 38.5 Å². The van der Waals surface area contributed by atoms with E-state index in [1.54, 1.807) is 6.20 Å². The molecular weight excluding hydrogens is 272 g/mol. The number of nitrogens with zero attached hydrogens (tertiary/aromatic N) is 2. The molecule has 4 aliphatic carbocycles. The Morgan fingerprint density at radius 2 is 1.85 bits per heavy atom. The Hall–Kier alpha value is -0.830. The topological polar surface area (TPSA) is 34.9 Å². The van der Waals surface area contributed by atoms with Crippen molar-refractivity contribution in [1.82, 2.24) is 9.78 Å². The van der Waals surface area contributed by atoms with Crippen molar-refractivity contribution in [2.24, 2.45) is 23.2 Å². The number of halogens is 1. The molecule has 108 valence electrons. The van der Waals surface area contributed by atoms with Crippen LogP contribution in [0.2, 0.25) is 0 Å². The van der Waals surface area contributed by atoms with E-state index in [9.17, 15) is 4.79 Å². The Labute approximate surface area is 124 Å². The van der Waals surface area contributed by atoms with Gasteiger partial charge in [0.05, 0.1) is 11.8 Å². The molecule has 0 saturated heterocycles. The van der Waals surface area contributed by atoms with Crippen LogP contribution in [0.4, 0.5) is 0 Å². The van der Waals surface area contributed by atoms with E-state index in [1.807, 2.05) is 11.6 Å². The van der Waals surface area contributed by atoms with E-state index in [0.29, 0.717) is 11.0 Å². The number of hydrogen-bond donors (Lipinski definition) is 0. The highest BCUT2D eigenvalue weighted by Crippen LogP contribution is 2.60. The van der Waals surface area contributed by atoms with Crippen LogP contribution in [0.5, 0.6) is 0 Å². The van der Waals surface area contributed by atoms with Crippen molar-refractivity contribution in [3.8, 4) is 0 Å². The molecule has 4 aliphatic rings. The predicted molar refractivity (Wildman–Crippen MR) is 77.8 cm³/mol. The fourth-order valence-corrected chi connectivity index (χ4v) is 5.79. The zero-order valence-corrected chi connectivity index (χ0v) is 12.7. The molecule has 1 heterocycles. The fourth-order valence-electron chi connectivity index (χ4n) is 5.60. The Morgan fingerprint density at radius 1 is 1.30 bits per heavy atom. The lowest BCUT2D eigenvalue weighted by molar-refractivity contribution is -0.0638. The second kappa shape index (κ2) is 4.33. The average Bonchev–Trinajstić information content (AvgIpc) is 2.68. The number of carbonyl (C=O) groups is 1. The molecule has 0 N–H and O–H groups in total. The molecule has 20 heavy (non-hydrogen) atoms. The molecule has 0 radical (unpaired) electrons. The first-order valence-electron chi connectivity index (χ1n) is 7.77. The first kappa shape index (κ1) is 12.9. The molecule has 4 heteroatoms. The zero-order valence-electron chi connectivity index (χ0n) is 11.9. The molecule has 4 fully saturated rings. The summed E-state index contributed by atoms with van der Waals surface area (Å²) in [5.41, 5.74) is 1.94. The summed E-state index contributed by atoms with van der Waals surface area (Å²) in [6, 6.07) is 0. The van der Waals surface area contributed by atoms with Gasteiger partial charge in [0, 0.05) is 12.2 Å². The second-order valence-corrected chi connectivity index (χ2v) is 7.84. The van der Waals surface area contributed by atoms with E-state index < -0.39 is 0 Å². The Morgan fingerprint density at radius 3 is 2.30 bits per heavy atom. The largest absolute Gasteiger partial charge is 0.275 e. The van der Waals surface area contributed by atoms with Gasteiger partial charge < -0.3 is 0 Å². The summed E-state index contributed by atoms with van der Waals surface area (Å²) < 4.78 is 2.03. The minimum Gasteiger partial charge on any atom is -0.275 e.